The zero-order valence-electron chi connectivity index (χ0n) is 19.5. The number of rotatable bonds is 7. The molecule has 0 radical (unpaired) electrons. The zero-order chi connectivity index (χ0) is 23.3. The molecule has 2 aromatic rings. The maximum absolute atomic E-state index is 13.0. The summed E-state index contributed by atoms with van der Waals surface area (Å²) < 4.78 is 27.8. The summed E-state index contributed by atoms with van der Waals surface area (Å²) in [6, 6.07) is 11.9. The molecule has 1 unspecified atom stereocenters. The molecule has 2 fully saturated rings. The third-order valence-electron chi connectivity index (χ3n) is 6.63. The first-order valence-corrected chi connectivity index (χ1v) is 14.3. The van der Waals surface area contributed by atoms with Crippen LogP contribution >= 0.6 is 11.3 Å². The normalized spacial score (nSPS) is 20.9. The first kappa shape index (κ1) is 24.4. The van der Waals surface area contributed by atoms with E-state index >= 15 is 0 Å². The van der Waals surface area contributed by atoms with Crippen LogP contribution in [0, 0.1) is 12.8 Å². The maximum Gasteiger partial charge on any atom is 0.252 e. The molecule has 4 rings (SSSR count). The summed E-state index contributed by atoms with van der Waals surface area (Å²) in [4.78, 5) is 16.4. The second-order valence-corrected chi connectivity index (χ2v) is 12.7. The fourth-order valence-electron chi connectivity index (χ4n) is 4.78. The Bertz CT molecular complexity index is 1040. The quantitative estimate of drug-likeness (QED) is 0.634. The van der Waals surface area contributed by atoms with Crippen LogP contribution in [0.5, 0.6) is 0 Å². The van der Waals surface area contributed by atoms with E-state index in [9.17, 15) is 13.2 Å². The van der Waals surface area contributed by atoms with Crippen LogP contribution in [-0.4, -0.2) is 49.7 Å². The number of amides is 1. The maximum atomic E-state index is 13.0. The van der Waals surface area contributed by atoms with Crippen molar-refractivity contribution in [1.29, 1.82) is 0 Å². The van der Waals surface area contributed by atoms with Crippen molar-refractivity contribution in [2.75, 3.05) is 26.2 Å². The molecule has 180 valence electrons. The predicted octanol–water partition coefficient (Wildman–Crippen LogP) is 4.15. The molecule has 6 nitrogen and oxygen atoms in total. The molecule has 2 aliphatic rings. The van der Waals surface area contributed by atoms with Gasteiger partial charge in [-0.2, -0.15) is 4.31 Å². The molecule has 0 bridgehead atoms. The molecule has 8 heteroatoms. The smallest absolute Gasteiger partial charge is 0.252 e. The lowest BCUT2D eigenvalue weighted by molar-refractivity contribution is -0.126. The minimum absolute atomic E-state index is 0.0600. The highest BCUT2D eigenvalue weighted by molar-refractivity contribution is 7.91. The van der Waals surface area contributed by atoms with E-state index in [1.807, 2.05) is 19.1 Å². The van der Waals surface area contributed by atoms with Crippen LogP contribution < -0.4 is 5.32 Å². The van der Waals surface area contributed by atoms with Crippen molar-refractivity contribution in [3.8, 4) is 0 Å². The van der Waals surface area contributed by atoms with Gasteiger partial charge in [0.2, 0.25) is 5.91 Å². The van der Waals surface area contributed by atoms with Crippen molar-refractivity contribution in [3.63, 3.8) is 0 Å². The minimum Gasteiger partial charge on any atom is -0.352 e. The monoisotopic (exact) mass is 489 g/mol. The van der Waals surface area contributed by atoms with Crippen molar-refractivity contribution < 1.29 is 13.2 Å². The van der Waals surface area contributed by atoms with E-state index in [1.165, 1.54) is 46.9 Å². The molecule has 3 heterocycles. The third kappa shape index (κ3) is 6.44. The van der Waals surface area contributed by atoms with Gasteiger partial charge in [0.25, 0.3) is 10.0 Å². The van der Waals surface area contributed by atoms with Gasteiger partial charge in [-0.1, -0.05) is 37.1 Å². The highest BCUT2D eigenvalue weighted by Crippen LogP contribution is 2.28. The Morgan fingerprint density at radius 1 is 1.03 bits per heavy atom. The van der Waals surface area contributed by atoms with E-state index in [2.05, 4.69) is 28.4 Å². The van der Waals surface area contributed by atoms with Crippen LogP contribution in [0.2, 0.25) is 0 Å². The Morgan fingerprint density at radius 2 is 1.79 bits per heavy atom. The summed E-state index contributed by atoms with van der Waals surface area (Å²) in [6.45, 7) is 6.38. The third-order valence-corrected chi connectivity index (χ3v) is 9.96. The van der Waals surface area contributed by atoms with Gasteiger partial charge in [0.05, 0.1) is 5.92 Å². The van der Waals surface area contributed by atoms with Crippen LogP contribution in [0.3, 0.4) is 0 Å². The van der Waals surface area contributed by atoms with Crippen molar-refractivity contribution in [1.82, 2.24) is 14.5 Å². The summed E-state index contributed by atoms with van der Waals surface area (Å²) in [7, 11) is -3.53. The number of carbonyl (C=O) groups is 1. The van der Waals surface area contributed by atoms with Crippen LogP contribution in [0.25, 0.3) is 0 Å². The van der Waals surface area contributed by atoms with E-state index < -0.39 is 10.0 Å². The second-order valence-electron chi connectivity index (χ2n) is 9.30. The van der Waals surface area contributed by atoms with Gasteiger partial charge in [-0.05, 0) is 69.0 Å². The summed E-state index contributed by atoms with van der Waals surface area (Å²) >= 11 is 1.29. The number of sulfonamides is 1. The Balaban J connectivity index is 1.32. The van der Waals surface area contributed by atoms with Gasteiger partial charge in [0.1, 0.15) is 4.21 Å². The van der Waals surface area contributed by atoms with Gasteiger partial charge in [-0.3, -0.25) is 9.69 Å². The standard InChI is InChI=1S/C25H35N3O3S2/c1-20-11-12-24(32-20)33(30,31)28-15-7-10-23(19-28)25(29)26-17-21-8-6-9-22(16-21)18-27-13-4-2-3-5-14-27/h6,8-9,11-12,16,23H,2-5,7,10,13-15,17-19H2,1H3,(H,26,29). The number of hydrogen-bond donors (Lipinski definition) is 1. The number of benzene rings is 1. The summed E-state index contributed by atoms with van der Waals surface area (Å²) in [5.74, 6) is -0.370. The molecule has 1 aromatic heterocycles. The lowest BCUT2D eigenvalue weighted by Crippen LogP contribution is -2.45. The second kappa shape index (κ2) is 11.1. The fourth-order valence-corrected chi connectivity index (χ4v) is 7.74. The predicted molar refractivity (Wildman–Crippen MR) is 133 cm³/mol. The Morgan fingerprint density at radius 3 is 2.52 bits per heavy atom. The Hall–Kier alpha value is -1.74. The van der Waals surface area contributed by atoms with Crippen LogP contribution in [0.4, 0.5) is 0 Å². The average molecular weight is 490 g/mol. The SMILES string of the molecule is Cc1ccc(S(=O)(=O)N2CCCC(C(=O)NCc3cccc(CN4CCCCCC4)c3)C2)s1. The number of aryl methyl sites for hydroxylation is 1. The number of carbonyl (C=O) groups excluding carboxylic acids is 1. The number of nitrogens with one attached hydrogen (secondary N) is 1. The Kier molecular flexibility index (Phi) is 8.22. The molecule has 1 aromatic carbocycles. The van der Waals surface area contributed by atoms with E-state index in [0.29, 0.717) is 23.7 Å². The first-order chi connectivity index (χ1) is 15.9. The summed E-state index contributed by atoms with van der Waals surface area (Å²) in [5.41, 5.74) is 2.37. The van der Waals surface area contributed by atoms with Gasteiger partial charge in [0.15, 0.2) is 0 Å². The van der Waals surface area contributed by atoms with E-state index in [1.54, 1.807) is 6.07 Å². The van der Waals surface area contributed by atoms with Gasteiger partial charge in [-0.15, -0.1) is 11.3 Å². The molecule has 0 aliphatic carbocycles. The van der Waals surface area contributed by atoms with Gasteiger partial charge in [-0.25, -0.2) is 8.42 Å². The molecule has 1 N–H and O–H groups in total. The summed E-state index contributed by atoms with van der Waals surface area (Å²) in [6.07, 6.45) is 6.63. The van der Waals surface area contributed by atoms with Crippen LogP contribution in [-0.2, 0) is 27.9 Å². The van der Waals surface area contributed by atoms with Gasteiger partial charge in [0, 0.05) is 31.1 Å². The van der Waals surface area contributed by atoms with Crippen LogP contribution in [0.15, 0.2) is 40.6 Å². The number of likely N-dealkylation sites (tertiary alicyclic amines) is 1. The number of piperidine rings is 1. The number of thiophene rings is 1. The molecule has 0 spiro atoms. The average Bonchev–Trinajstić information content (AvgIpc) is 3.11. The molecule has 1 amide bonds. The molecule has 33 heavy (non-hydrogen) atoms. The fraction of sp³-hybridized carbons (Fsp3) is 0.560. The molecule has 1 atom stereocenters. The number of hydrogen-bond acceptors (Lipinski definition) is 5. The van der Waals surface area contributed by atoms with E-state index in [0.717, 1.165) is 36.5 Å². The van der Waals surface area contributed by atoms with Crippen molar-refractivity contribution in [2.45, 2.75) is 62.7 Å². The van der Waals surface area contributed by atoms with Crippen molar-refractivity contribution in [3.05, 3.63) is 52.4 Å². The highest BCUT2D eigenvalue weighted by atomic mass is 32.2. The molecule has 2 aliphatic heterocycles. The first-order valence-electron chi connectivity index (χ1n) is 12.1. The molecular formula is C25H35N3O3S2. The molecule has 0 saturated carbocycles. The van der Waals surface area contributed by atoms with Crippen molar-refractivity contribution in [2.24, 2.45) is 5.92 Å². The van der Waals surface area contributed by atoms with E-state index in [4.69, 9.17) is 0 Å². The number of nitrogens with zero attached hydrogens (tertiary/aromatic N) is 2. The topological polar surface area (TPSA) is 69.7 Å². The van der Waals surface area contributed by atoms with Crippen LogP contribution in [0.1, 0.15) is 54.5 Å². The van der Waals surface area contributed by atoms with Crippen molar-refractivity contribution >= 4 is 27.3 Å². The highest BCUT2D eigenvalue weighted by Gasteiger charge is 2.33. The van der Waals surface area contributed by atoms with Gasteiger partial charge >= 0.3 is 0 Å². The lowest BCUT2D eigenvalue weighted by Gasteiger charge is -2.30. The molecule has 2 saturated heterocycles. The van der Waals surface area contributed by atoms with Gasteiger partial charge < -0.3 is 5.32 Å². The Labute approximate surface area is 202 Å². The lowest BCUT2D eigenvalue weighted by atomic mass is 9.98. The zero-order valence-corrected chi connectivity index (χ0v) is 21.1. The van der Waals surface area contributed by atoms with E-state index in [-0.39, 0.29) is 18.4 Å². The summed E-state index contributed by atoms with van der Waals surface area (Å²) in [5, 5.41) is 3.05. The minimum atomic E-state index is -3.53. The largest absolute Gasteiger partial charge is 0.352 e. The molecular weight excluding hydrogens is 454 g/mol.